The minimum Gasteiger partial charge on any atom is -0.338 e. The predicted octanol–water partition coefficient (Wildman–Crippen LogP) is 1.17. The van der Waals surface area contributed by atoms with E-state index in [0.29, 0.717) is 13.1 Å². The first kappa shape index (κ1) is 11.4. The van der Waals surface area contributed by atoms with Crippen LogP contribution >= 0.6 is 0 Å². The van der Waals surface area contributed by atoms with Gasteiger partial charge in [-0.1, -0.05) is 18.2 Å². The molecule has 1 aliphatic heterocycles. The number of benzene rings is 1. The van der Waals surface area contributed by atoms with E-state index in [9.17, 15) is 9.59 Å². The molecule has 2 rings (SSSR count). The van der Waals surface area contributed by atoms with Gasteiger partial charge in [-0.05, 0) is 18.6 Å². The van der Waals surface area contributed by atoms with E-state index in [1.54, 1.807) is 0 Å². The van der Waals surface area contributed by atoms with Crippen molar-refractivity contribution in [2.24, 2.45) is 0 Å². The number of hydrogen-bond donors (Lipinski definition) is 2. The lowest BCUT2D eigenvalue weighted by Gasteiger charge is -2.19. The Kier molecular flexibility index (Phi) is 3.27. The van der Waals surface area contributed by atoms with Crippen LogP contribution in [0, 0.1) is 0 Å². The molecule has 1 aromatic rings. The van der Waals surface area contributed by atoms with Crippen molar-refractivity contribution in [1.82, 2.24) is 10.2 Å². The molecule has 0 aromatic heterocycles. The van der Waals surface area contributed by atoms with Crippen LogP contribution < -0.4 is 10.6 Å². The molecule has 0 aliphatic carbocycles. The van der Waals surface area contributed by atoms with Gasteiger partial charge < -0.3 is 15.5 Å². The van der Waals surface area contributed by atoms with Crippen molar-refractivity contribution in [2.45, 2.75) is 13.5 Å². The molecule has 17 heavy (non-hydrogen) atoms. The van der Waals surface area contributed by atoms with Crippen LogP contribution in [-0.4, -0.2) is 29.9 Å². The first-order valence-corrected chi connectivity index (χ1v) is 5.61. The molecule has 5 nitrogen and oxygen atoms in total. The van der Waals surface area contributed by atoms with Gasteiger partial charge in [0.2, 0.25) is 5.91 Å². The minimum atomic E-state index is -0.209. The number of amides is 3. The smallest absolute Gasteiger partial charge is 0.318 e. The first-order chi connectivity index (χ1) is 8.20. The number of nitrogens with one attached hydrogen (secondary N) is 2. The molecule has 0 saturated heterocycles. The summed E-state index contributed by atoms with van der Waals surface area (Å²) in [6.07, 6.45) is 0. The monoisotopic (exact) mass is 233 g/mol. The lowest BCUT2D eigenvalue weighted by Crippen LogP contribution is -2.42. The van der Waals surface area contributed by atoms with Gasteiger partial charge >= 0.3 is 6.03 Å². The number of hydrogen-bond acceptors (Lipinski definition) is 2. The average Bonchev–Trinajstić information content (AvgIpc) is 2.47. The van der Waals surface area contributed by atoms with Gasteiger partial charge in [-0.2, -0.15) is 0 Å². The SMILES string of the molecule is CCNC(=O)N1CC(=O)Nc2ccccc2C1. The first-order valence-electron chi connectivity index (χ1n) is 5.61. The Morgan fingerprint density at radius 3 is 2.94 bits per heavy atom. The summed E-state index contributed by atoms with van der Waals surface area (Å²) in [5.41, 5.74) is 1.73. The van der Waals surface area contributed by atoms with Crippen LogP contribution in [0.5, 0.6) is 0 Å². The van der Waals surface area contributed by atoms with E-state index in [1.807, 2.05) is 31.2 Å². The van der Waals surface area contributed by atoms with E-state index in [0.717, 1.165) is 11.3 Å². The molecule has 0 fully saturated rings. The second kappa shape index (κ2) is 4.86. The maximum absolute atomic E-state index is 11.7. The lowest BCUT2D eigenvalue weighted by atomic mass is 10.2. The Morgan fingerprint density at radius 2 is 2.18 bits per heavy atom. The summed E-state index contributed by atoms with van der Waals surface area (Å²) in [7, 11) is 0. The van der Waals surface area contributed by atoms with Crippen LogP contribution in [0.1, 0.15) is 12.5 Å². The van der Waals surface area contributed by atoms with Crippen molar-refractivity contribution >= 4 is 17.6 Å². The van der Waals surface area contributed by atoms with Crippen LogP contribution in [-0.2, 0) is 11.3 Å². The molecule has 1 aliphatic rings. The van der Waals surface area contributed by atoms with Gasteiger partial charge in [0.15, 0.2) is 0 Å². The van der Waals surface area contributed by atoms with Gasteiger partial charge in [0.25, 0.3) is 0 Å². The Bertz CT molecular complexity index is 445. The molecule has 2 N–H and O–H groups in total. The Balaban J connectivity index is 2.23. The number of carbonyl (C=O) groups excluding carboxylic acids is 2. The fourth-order valence-electron chi connectivity index (χ4n) is 1.81. The van der Waals surface area contributed by atoms with Crippen molar-refractivity contribution in [3.8, 4) is 0 Å². The number of urea groups is 1. The highest BCUT2D eigenvalue weighted by atomic mass is 16.2. The fraction of sp³-hybridized carbons (Fsp3) is 0.333. The maximum atomic E-state index is 11.7. The van der Waals surface area contributed by atoms with E-state index < -0.39 is 0 Å². The van der Waals surface area contributed by atoms with Crippen LogP contribution in [0.2, 0.25) is 0 Å². The second-order valence-electron chi connectivity index (χ2n) is 3.90. The standard InChI is InChI=1S/C12H15N3O2/c1-2-13-12(17)15-7-9-5-3-4-6-10(9)14-11(16)8-15/h3-6H,2,7-8H2,1H3,(H,13,17)(H,14,16). The summed E-state index contributed by atoms with van der Waals surface area (Å²) in [6.45, 7) is 2.93. The van der Waals surface area contributed by atoms with Crippen LogP contribution in [0.15, 0.2) is 24.3 Å². The number of rotatable bonds is 1. The Morgan fingerprint density at radius 1 is 1.41 bits per heavy atom. The third-order valence-electron chi connectivity index (χ3n) is 2.60. The molecule has 0 unspecified atom stereocenters. The van der Waals surface area contributed by atoms with Crippen molar-refractivity contribution in [1.29, 1.82) is 0 Å². The normalized spacial score (nSPS) is 14.6. The molecule has 1 heterocycles. The van der Waals surface area contributed by atoms with Crippen molar-refractivity contribution in [2.75, 3.05) is 18.4 Å². The molecule has 0 atom stereocenters. The summed E-state index contributed by atoms with van der Waals surface area (Å²) >= 11 is 0. The highest BCUT2D eigenvalue weighted by Gasteiger charge is 2.22. The Hall–Kier alpha value is -2.04. The minimum absolute atomic E-state index is 0.0838. The van der Waals surface area contributed by atoms with E-state index in [2.05, 4.69) is 10.6 Å². The van der Waals surface area contributed by atoms with E-state index in [4.69, 9.17) is 0 Å². The van der Waals surface area contributed by atoms with Gasteiger partial charge in [-0.15, -0.1) is 0 Å². The summed E-state index contributed by atoms with van der Waals surface area (Å²) in [6, 6.07) is 7.30. The fourth-order valence-corrected chi connectivity index (χ4v) is 1.81. The lowest BCUT2D eigenvalue weighted by molar-refractivity contribution is -0.116. The third-order valence-corrected chi connectivity index (χ3v) is 2.60. The van der Waals surface area contributed by atoms with Gasteiger partial charge in [-0.25, -0.2) is 4.79 Å². The molecule has 0 spiro atoms. The molecule has 1 aromatic carbocycles. The van der Waals surface area contributed by atoms with E-state index in [1.165, 1.54) is 4.90 Å². The molecule has 90 valence electrons. The highest BCUT2D eigenvalue weighted by molar-refractivity contribution is 5.96. The zero-order chi connectivity index (χ0) is 12.3. The van der Waals surface area contributed by atoms with Crippen LogP contribution in [0.25, 0.3) is 0 Å². The van der Waals surface area contributed by atoms with Gasteiger partial charge in [0, 0.05) is 12.2 Å². The topological polar surface area (TPSA) is 61.4 Å². The molecule has 0 radical (unpaired) electrons. The molecule has 0 bridgehead atoms. The Labute approximate surface area is 99.8 Å². The second-order valence-corrected chi connectivity index (χ2v) is 3.90. The van der Waals surface area contributed by atoms with Gasteiger partial charge in [-0.3, -0.25) is 4.79 Å². The zero-order valence-corrected chi connectivity index (χ0v) is 9.69. The third kappa shape index (κ3) is 2.55. The summed E-state index contributed by atoms with van der Waals surface area (Å²) in [5, 5.41) is 5.49. The van der Waals surface area contributed by atoms with Crippen LogP contribution in [0.3, 0.4) is 0 Å². The van der Waals surface area contributed by atoms with Crippen molar-refractivity contribution in [3.63, 3.8) is 0 Å². The van der Waals surface area contributed by atoms with E-state index >= 15 is 0 Å². The number of anilines is 1. The van der Waals surface area contributed by atoms with E-state index in [-0.39, 0.29) is 18.5 Å². The average molecular weight is 233 g/mol. The zero-order valence-electron chi connectivity index (χ0n) is 9.69. The summed E-state index contributed by atoms with van der Waals surface area (Å²) in [5.74, 6) is -0.166. The highest BCUT2D eigenvalue weighted by Crippen LogP contribution is 2.19. The van der Waals surface area contributed by atoms with Crippen molar-refractivity contribution in [3.05, 3.63) is 29.8 Å². The molecular weight excluding hydrogens is 218 g/mol. The predicted molar refractivity (Wildman–Crippen MR) is 64.6 cm³/mol. The molecule has 5 heteroatoms. The quantitative estimate of drug-likeness (QED) is 0.765. The molecule has 3 amide bonds. The number of para-hydroxylation sites is 1. The number of carbonyl (C=O) groups is 2. The van der Waals surface area contributed by atoms with Gasteiger partial charge in [0.05, 0.1) is 6.54 Å². The summed E-state index contributed by atoms with van der Waals surface area (Å²) in [4.78, 5) is 24.9. The largest absolute Gasteiger partial charge is 0.338 e. The maximum Gasteiger partial charge on any atom is 0.318 e. The molecule has 0 saturated carbocycles. The summed E-state index contributed by atoms with van der Waals surface area (Å²) < 4.78 is 0. The van der Waals surface area contributed by atoms with Crippen molar-refractivity contribution < 1.29 is 9.59 Å². The van der Waals surface area contributed by atoms with Gasteiger partial charge in [0.1, 0.15) is 6.54 Å². The number of nitrogens with zero attached hydrogens (tertiary/aromatic N) is 1. The molecular formula is C12H15N3O2. The van der Waals surface area contributed by atoms with Crippen LogP contribution in [0.4, 0.5) is 10.5 Å². The number of fused-ring (bicyclic) bond motifs is 1.